The Morgan fingerprint density at radius 2 is 1.58 bits per heavy atom. The van der Waals surface area contributed by atoms with Crippen LogP contribution in [0, 0.1) is 0 Å². The summed E-state index contributed by atoms with van der Waals surface area (Å²) in [5.41, 5.74) is 2.23. The largest absolute Gasteiger partial charge is 0.328 e. The third-order valence-electron chi connectivity index (χ3n) is 5.48. The molecule has 1 amide bonds. The number of amides is 1. The Labute approximate surface area is 181 Å². The van der Waals surface area contributed by atoms with E-state index in [4.69, 9.17) is 4.98 Å². The van der Waals surface area contributed by atoms with Gasteiger partial charge >= 0.3 is 0 Å². The van der Waals surface area contributed by atoms with Gasteiger partial charge in [0.25, 0.3) is 11.5 Å². The Kier molecular flexibility index (Phi) is 6.22. The molecule has 156 valence electrons. The molecule has 1 aromatic heterocycles. The molecule has 4 aromatic rings. The molecule has 5 heteroatoms. The van der Waals surface area contributed by atoms with Gasteiger partial charge in [-0.15, -0.1) is 0 Å². The molecule has 0 radical (unpaired) electrons. The molecule has 1 N–H and O–H groups in total. The first kappa shape index (κ1) is 20.5. The van der Waals surface area contributed by atoms with Crippen molar-refractivity contribution in [2.75, 3.05) is 6.54 Å². The van der Waals surface area contributed by atoms with Gasteiger partial charge < -0.3 is 9.88 Å². The highest BCUT2D eigenvalue weighted by molar-refractivity contribution is 5.94. The number of benzene rings is 3. The second-order valence-electron chi connectivity index (χ2n) is 7.49. The van der Waals surface area contributed by atoms with E-state index in [1.54, 1.807) is 6.07 Å². The Balaban J connectivity index is 1.73. The number of aromatic nitrogens is 2. The first-order valence-electron chi connectivity index (χ1n) is 10.6. The number of hydrogen-bond donors (Lipinski definition) is 1. The number of H-pyrrole nitrogens is 1. The smallest absolute Gasteiger partial charge is 0.258 e. The second kappa shape index (κ2) is 9.39. The Morgan fingerprint density at radius 3 is 2.29 bits per heavy atom. The minimum atomic E-state index is -0.339. The summed E-state index contributed by atoms with van der Waals surface area (Å²) in [5, 5.41) is 0.548. The van der Waals surface area contributed by atoms with E-state index >= 15 is 0 Å². The second-order valence-corrected chi connectivity index (χ2v) is 7.49. The number of carbonyl (C=O) groups is 1. The molecule has 3 aromatic carbocycles. The standard InChI is InChI=1S/C26H25N3O2/c1-2-23(24-27-22-16-10-9-15-21(22)25(30)28-24)29(18-17-19-11-5-3-6-12-19)26(31)20-13-7-4-8-14-20/h3-16,23H,2,17-18H2,1H3,(H,27,28,30). The van der Waals surface area contributed by atoms with Gasteiger partial charge in [-0.2, -0.15) is 0 Å². The summed E-state index contributed by atoms with van der Waals surface area (Å²) in [7, 11) is 0. The van der Waals surface area contributed by atoms with Gasteiger partial charge in [-0.25, -0.2) is 4.98 Å². The van der Waals surface area contributed by atoms with Gasteiger partial charge in [-0.3, -0.25) is 9.59 Å². The van der Waals surface area contributed by atoms with Gasteiger partial charge in [0.1, 0.15) is 5.82 Å². The molecule has 4 rings (SSSR count). The molecular weight excluding hydrogens is 386 g/mol. The Hall–Kier alpha value is -3.73. The van der Waals surface area contributed by atoms with Crippen LogP contribution in [0.3, 0.4) is 0 Å². The van der Waals surface area contributed by atoms with Gasteiger partial charge in [0.2, 0.25) is 0 Å². The van der Waals surface area contributed by atoms with E-state index < -0.39 is 0 Å². The van der Waals surface area contributed by atoms with Gasteiger partial charge in [0, 0.05) is 12.1 Å². The summed E-state index contributed by atoms with van der Waals surface area (Å²) >= 11 is 0. The fourth-order valence-corrected chi connectivity index (χ4v) is 3.86. The van der Waals surface area contributed by atoms with Crippen molar-refractivity contribution in [1.29, 1.82) is 0 Å². The zero-order valence-corrected chi connectivity index (χ0v) is 17.5. The maximum Gasteiger partial charge on any atom is 0.258 e. The first-order valence-corrected chi connectivity index (χ1v) is 10.6. The van der Waals surface area contributed by atoms with Gasteiger partial charge in [-0.1, -0.05) is 67.6 Å². The molecular formula is C26H25N3O2. The van der Waals surface area contributed by atoms with E-state index in [0.29, 0.717) is 41.7 Å². The summed E-state index contributed by atoms with van der Waals surface area (Å²) in [6.45, 7) is 2.53. The lowest BCUT2D eigenvalue weighted by Gasteiger charge is -2.31. The minimum absolute atomic E-state index is 0.0702. The van der Waals surface area contributed by atoms with E-state index in [-0.39, 0.29) is 17.5 Å². The molecule has 0 bridgehead atoms. The quantitative estimate of drug-likeness (QED) is 0.477. The van der Waals surface area contributed by atoms with Crippen molar-refractivity contribution in [2.45, 2.75) is 25.8 Å². The number of para-hydroxylation sites is 1. The van der Waals surface area contributed by atoms with Crippen LogP contribution in [0.25, 0.3) is 10.9 Å². The van der Waals surface area contributed by atoms with Gasteiger partial charge in [-0.05, 0) is 42.7 Å². The normalized spacial score (nSPS) is 11.9. The monoisotopic (exact) mass is 411 g/mol. The fraction of sp³-hybridized carbons (Fsp3) is 0.192. The Bertz CT molecular complexity index is 1220. The highest BCUT2D eigenvalue weighted by Gasteiger charge is 2.27. The van der Waals surface area contributed by atoms with Crippen molar-refractivity contribution < 1.29 is 4.79 Å². The molecule has 0 aliphatic heterocycles. The number of aromatic amines is 1. The molecule has 0 saturated carbocycles. The number of nitrogens with zero attached hydrogens (tertiary/aromatic N) is 2. The van der Waals surface area contributed by atoms with E-state index in [2.05, 4.69) is 17.1 Å². The zero-order valence-electron chi connectivity index (χ0n) is 17.5. The van der Waals surface area contributed by atoms with Crippen LogP contribution in [0.15, 0.2) is 89.7 Å². The number of rotatable bonds is 7. The molecule has 0 fully saturated rings. The summed E-state index contributed by atoms with van der Waals surface area (Å²) < 4.78 is 0. The minimum Gasteiger partial charge on any atom is -0.328 e. The van der Waals surface area contributed by atoms with Crippen molar-refractivity contribution in [3.63, 3.8) is 0 Å². The summed E-state index contributed by atoms with van der Waals surface area (Å²) in [6, 6.07) is 26.3. The molecule has 1 unspecified atom stereocenters. The van der Waals surface area contributed by atoms with E-state index in [0.717, 1.165) is 5.56 Å². The number of hydrogen-bond acceptors (Lipinski definition) is 3. The Morgan fingerprint density at radius 1 is 0.935 bits per heavy atom. The average Bonchev–Trinajstić information content (AvgIpc) is 2.82. The zero-order chi connectivity index (χ0) is 21.6. The molecule has 0 spiro atoms. The van der Waals surface area contributed by atoms with E-state index in [1.165, 1.54) is 0 Å². The predicted molar refractivity (Wildman–Crippen MR) is 123 cm³/mol. The fourth-order valence-electron chi connectivity index (χ4n) is 3.86. The maximum absolute atomic E-state index is 13.5. The summed E-state index contributed by atoms with van der Waals surface area (Å²) in [4.78, 5) is 35.6. The van der Waals surface area contributed by atoms with E-state index in [1.807, 2.05) is 78.6 Å². The molecule has 31 heavy (non-hydrogen) atoms. The SMILES string of the molecule is CCC(c1nc2ccccc2c(=O)[nH]1)N(CCc1ccccc1)C(=O)c1ccccc1. The van der Waals surface area contributed by atoms with Crippen molar-refractivity contribution in [3.05, 3.63) is 112 Å². The predicted octanol–water partition coefficient (Wildman–Crippen LogP) is 4.76. The van der Waals surface area contributed by atoms with Crippen LogP contribution in [0.1, 0.15) is 41.1 Å². The van der Waals surface area contributed by atoms with Crippen LogP contribution in [0.2, 0.25) is 0 Å². The molecule has 1 atom stereocenters. The van der Waals surface area contributed by atoms with Crippen LogP contribution in [-0.2, 0) is 6.42 Å². The van der Waals surface area contributed by atoms with Crippen LogP contribution in [-0.4, -0.2) is 27.3 Å². The maximum atomic E-state index is 13.5. The molecule has 0 saturated heterocycles. The van der Waals surface area contributed by atoms with Crippen LogP contribution in [0.5, 0.6) is 0 Å². The van der Waals surface area contributed by atoms with Gasteiger partial charge in [0.05, 0.1) is 16.9 Å². The van der Waals surface area contributed by atoms with Crippen molar-refractivity contribution in [2.24, 2.45) is 0 Å². The highest BCUT2D eigenvalue weighted by Crippen LogP contribution is 2.24. The lowest BCUT2D eigenvalue weighted by atomic mass is 10.1. The van der Waals surface area contributed by atoms with E-state index in [9.17, 15) is 9.59 Å². The summed E-state index contributed by atoms with van der Waals surface area (Å²) in [6.07, 6.45) is 1.35. The molecule has 5 nitrogen and oxygen atoms in total. The lowest BCUT2D eigenvalue weighted by molar-refractivity contribution is 0.0664. The van der Waals surface area contributed by atoms with Crippen molar-refractivity contribution in [3.8, 4) is 0 Å². The van der Waals surface area contributed by atoms with Crippen LogP contribution < -0.4 is 5.56 Å². The van der Waals surface area contributed by atoms with Crippen molar-refractivity contribution in [1.82, 2.24) is 14.9 Å². The number of fused-ring (bicyclic) bond motifs is 1. The first-order chi connectivity index (χ1) is 15.2. The van der Waals surface area contributed by atoms with Crippen LogP contribution >= 0.6 is 0 Å². The highest BCUT2D eigenvalue weighted by atomic mass is 16.2. The van der Waals surface area contributed by atoms with Gasteiger partial charge in [0.15, 0.2) is 0 Å². The number of nitrogens with one attached hydrogen (secondary N) is 1. The topological polar surface area (TPSA) is 66.1 Å². The lowest BCUT2D eigenvalue weighted by Crippen LogP contribution is -2.38. The van der Waals surface area contributed by atoms with Crippen LogP contribution in [0.4, 0.5) is 0 Å². The molecule has 1 heterocycles. The summed E-state index contributed by atoms with van der Waals surface area (Å²) in [5.74, 6) is 0.447. The van der Waals surface area contributed by atoms with Crippen molar-refractivity contribution >= 4 is 16.8 Å². The average molecular weight is 412 g/mol. The molecule has 0 aliphatic rings. The molecule has 0 aliphatic carbocycles. The number of carbonyl (C=O) groups excluding carboxylic acids is 1. The third-order valence-corrected chi connectivity index (χ3v) is 5.48. The third kappa shape index (κ3) is 4.56.